The Morgan fingerprint density at radius 1 is 1.50 bits per heavy atom. The van der Waals surface area contributed by atoms with Crippen LogP contribution < -0.4 is 10.8 Å². The molecule has 0 aliphatic heterocycles. The number of hydrogen-bond acceptors (Lipinski definition) is 1. The fraction of sp³-hybridized carbons (Fsp3) is 0. The van der Waals surface area contributed by atoms with E-state index < -0.39 is 0 Å². The van der Waals surface area contributed by atoms with Crippen LogP contribution in [-0.4, -0.2) is 5.16 Å². The van der Waals surface area contributed by atoms with Gasteiger partial charge in [0, 0.05) is 0 Å². The van der Waals surface area contributed by atoms with Gasteiger partial charge in [0.25, 0.3) is 0 Å². The zero-order valence-corrected chi connectivity index (χ0v) is 3.32. The molecule has 0 aliphatic carbocycles. The van der Waals surface area contributed by atoms with Crippen molar-refractivity contribution >= 4 is 13.2 Å². The van der Waals surface area contributed by atoms with Crippen molar-refractivity contribution < 1.29 is 4.52 Å². The van der Waals surface area contributed by atoms with E-state index in [1.165, 1.54) is 0 Å². The Morgan fingerprint density at radius 3 is 2.00 bits per heavy atom. The van der Waals surface area contributed by atoms with Crippen molar-refractivity contribution in [2.24, 2.45) is 0 Å². The van der Waals surface area contributed by atoms with E-state index in [-0.39, 0.29) is 0 Å². The van der Waals surface area contributed by atoms with E-state index in [1.54, 1.807) is 0 Å². The fourth-order valence-electron chi connectivity index (χ4n) is 0.195. The van der Waals surface area contributed by atoms with Crippen molar-refractivity contribution in [1.82, 2.24) is 5.16 Å². The summed E-state index contributed by atoms with van der Waals surface area (Å²) >= 11 is 0. The predicted octanol–water partition coefficient (Wildman–Crippen LogP) is -0.572. The first-order valence-electron chi connectivity index (χ1n) is 1.62. The lowest BCUT2D eigenvalue weighted by Gasteiger charge is -1.86. The molecule has 1 aromatic heterocycles. The van der Waals surface area contributed by atoms with Crippen LogP contribution in [0.5, 0.6) is 0 Å². The highest BCUT2D eigenvalue weighted by molar-refractivity contribution is 4.98. The minimum absolute atomic E-state index is 0.634. The monoisotopic (exact) mass is 83.0 g/mol. The van der Waals surface area contributed by atoms with Crippen molar-refractivity contribution in [1.29, 1.82) is 0 Å². The highest BCUT2D eigenvalue weighted by Gasteiger charge is 1.77. The van der Waals surface area contributed by atoms with Crippen LogP contribution in [0.3, 0.4) is 0 Å². The Bertz CT molecular complexity index is 182. The minimum Gasteiger partial charge on any atom is -0.380 e. The highest BCUT2D eigenvalue weighted by atomic mass is 16.5. The summed E-state index contributed by atoms with van der Waals surface area (Å²) in [6.45, 7) is 6.96. The van der Waals surface area contributed by atoms with Gasteiger partial charge in [-0.3, -0.25) is 0 Å². The standard InChI is InChI=1S/C4H5NO/c1-3-4(2)6-5-3/h5H,1-2H2. The van der Waals surface area contributed by atoms with Gasteiger partial charge >= 0.3 is 0 Å². The van der Waals surface area contributed by atoms with E-state index in [9.17, 15) is 0 Å². The first-order valence-corrected chi connectivity index (χ1v) is 1.62. The Balaban J connectivity index is 3.58. The number of aromatic amines is 1. The summed E-state index contributed by atoms with van der Waals surface area (Å²) in [5.74, 6) is 0. The fourth-order valence-corrected chi connectivity index (χ4v) is 0.195. The molecule has 32 valence electrons. The highest BCUT2D eigenvalue weighted by Crippen LogP contribution is 1.43. The van der Waals surface area contributed by atoms with Gasteiger partial charge in [-0.05, 0) is 0 Å². The first-order chi connectivity index (χ1) is 2.80. The van der Waals surface area contributed by atoms with Crippen molar-refractivity contribution in [3.63, 3.8) is 0 Å². The largest absolute Gasteiger partial charge is 0.380 e. The second kappa shape index (κ2) is 0.772. The Labute approximate surface area is 34.7 Å². The van der Waals surface area contributed by atoms with Gasteiger partial charge < -0.3 is 4.52 Å². The van der Waals surface area contributed by atoms with E-state index in [0.29, 0.717) is 5.42 Å². The molecule has 1 N–H and O–H groups in total. The summed E-state index contributed by atoms with van der Waals surface area (Å²) in [6, 6.07) is 0. The molecule has 0 aliphatic rings. The van der Waals surface area contributed by atoms with Crippen LogP contribution in [0.25, 0.3) is 13.2 Å². The zero-order chi connectivity index (χ0) is 4.57. The van der Waals surface area contributed by atoms with Crippen LogP contribution in [-0.2, 0) is 0 Å². The molecule has 0 saturated carbocycles. The molecule has 0 atom stereocenters. The molecule has 1 aromatic rings. The van der Waals surface area contributed by atoms with Gasteiger partial charge in [0.2, 0.25) is 0 Å². The van der Waals surface area contributed by atoms with Gasteiger partial charge in [-0.1, -0.05) is 13.2 Å². The molecule has 1 rings (SSSR count). The van der Waals surface area contributed by atoms with Crippen LogP contribution in [0.15, 0.2) is 4.52 Å². The van der Waals surface area contributed by atoms with E-state index in [1.807, 2.05) is 0 Å². The molecule has 0 saturated heterocycles. The smallest absolute Gasteiger partial charge is 0.173 e. The number of hydrogen-bond donors (Lipinski definition) is 1. The van der Waals surface area contributed by atoms with Crippen molar-refractivity contribution in [2.75, 3.05) is 0 Å². The van der Waals surface area contributed by atoms with Gasteiger partial charge in [-0.25, -0.2) is 5.16 Å². The molecule has 0 spiro atoms. The number of rotatable bonds is 0. The van der Waals surface area contributed by atoms with Crippen molar-refractivity contribution in [3.05, 3.63) is 10.8 Å². The average Bonchev–Trinajstić information content (AvgIpc) is 1.61. The minimum atomic E-state index is 0.634. The lowest BCUT2D eigenvalue weighted by atomic mass is 10.6. The van der Waals surface area contributed by atoms with E-state index >= 15 is 0 Å². The lowest BCUT2D eigenvalue weighted by Crippen LogP contribution is -2.31. The van der Waals surface area contributed by atoms with Gasteiger partial charge in [-0.15, -0.1) is 0 Å². The molecule has 0 unspecified atom stereocenters. The number of aromatic nitrogens is 1. The van der Waals surface area contributed by atoms with Crippen LogP contribution >= 0.6 is 0 Å². The van der Waals surface area contributed by atoms with Crippen molar-refractivity contribution in [3.8, 4) is 0 Å². The molecule has 2 nitrogen and oxygen atoms in total. The maximum atomic E-state index is 4.50. The quantitative estimate of drug-likeness (QED) is 0.447. The molecule has 0 bridgehead atoms. The summed E-state index contributed by atoms with van der Waals surface area (Å²) in [5.41, 5.74) is 0.634. The maximum Gasteiger partial charge on any atom is 0.173 e. The van der Waals surface area contributed by atoms with Gasteiger partial charge in [-0.2, -0.15) is 0 Å². The topological polar surface area (TPSA) is 28.9 Å². The van der Waals surface area contributed by atoms with Gasteiger partial charge in [0.15, 0.2) is 5.42 Å². The third-order valence-electron chi connectivity index (χ3n) is 0.634. The molecule has 1 heterocycles. The molecular formula is C4H5NO. The molecule has 0 radical (unpaired) electrons. The van der Waals surface area contributed by atoms with E-state index in [0.717, 1.165) is 5.35 Å². The summed E-state index contributed by atoms with van der Waals surface area (Å²) in [5, 5.41) is 3.24. The van der Waals surface area contributed by atoms with Gasteiger partial charge in [0.05, 0.1) is 0 Å². The zero-order valence-electron chi connectivity index (χ0n) is 3.32. The first kappa shape index (κ1) is 3.28. The van der Waals surface area contributed by atoms with Crippen LogP contribution in [0, 0.1) is 0 Å². The van der Waals surface area contributed by atoms with E-state index in [2.05, 4.69) is 22.8 Å². The molecule has 0 fully saturated rings. The van der Waals surface area contributed by atoms with Crippen molar-refractivity contribution in [2.45, 2.75) is 0 Å². The summed E-state index contributed by atoms with van der Waals surface area (Å²) in [6.07, 6.45) is 0. The second-order valence-corrected chi connectivity index (χ2v) is 1.11. The third kappa shape index (κ3) is 0.204. The maximum absolute atomic E-state index is 4.50. The normalized spacial score (nSPS) is 9.33. The molecule has 0 aromatic carbocycles. The predicted molar refractivity (Wildman–Crippen MR) is 23.4 cm³/mol. The van der Waals surface area contributed by atoms with Crippen LogP contribution in [0.1, 0.15) is 0 Å². The number of H-pyrrole nitrogens is 1. The third-order valence-corrected chi connectivity index (χ3v) is 0.634. The lowest BCUT2D eigenvalue weighted by molar-refractivity contribution is 0.311. The Hall–Kier alpha value is -0.920. The molecule has 0 amide bonds. The Kier molecular flexibility index (Phi) is 0.422. The summed E-state index contributed by atoms with van der Waals surface area (Å²) in [4.78, 5) is 0. The Morgan fingerprint density at radius 2 is 2.00 bits per heavy atom. The average molecular weight is 83.1 g/mol. The summed E-state index contributed by atoms with van der Waals surface area (Å²) in [7, 11) is 0. The molecule has 2 heteroatoms. The van der Waals surface area contributed by atoms with Crippen LogP contribution in [0.4, 0.5) is 0 Å². The van der Waals surface area contributed by atoms with Gasteiger partial charge in [0.1, 0.15) is 5.35 Å². The second-order valence-electron chi connectivity index (χ2n) is 1.11. The van der Waals surface area contributed by atoms with E-state index in [4.69, 9.17) is 0 Å². The SMILES string of the molecule is C=c1[nH]oc1=C. The van der Waals surface area contributed by atoms with Crippen LogP contribution in [0.2, 0.25) is 0 Å². The molecular weight excluding hydrogens is 78.0 g/mol. The number of nitrogens with one attached hydrogen (secondary N) is 1. The molecule has 6 heavy (non-hydrogen) atoms. The summed E-state index contributed by atoms with van der Waals surface area (Å²) < 4.78 is 4.50.